The van der Waals surface area contributed by atoms with E-state index >= 15 is 0 Å². The molecule has 0 atom stereocenters. The van der Waals surface area contributed by atoms with Gasteiger partial charge in [0.1, 0.15) is 0 Å². The molecule has 1 amide bonds. The van der Waals surface area contributed by atoms with Gasteiger partial charge in [0, 0.05) is 24.3 Å². The number of carbonyl (C=O) groups excluding carboxylic acids is 1. The minimum Gasteiger partial charge on any atom is -0.376 e. The van der Waals surface area contributed by atoms with Crippen LogP contribution < -0.4 is 5.32 Å². The smallest absolute Gasteiger partial charge is 0.241 e. The number of hydrogen-bond acceptors (Lipinski definition) is 2. The highest BCUT2D eigenvalue weighted by atomic mass is 35.5. The molecule has 2 aromatic carbocycles. The minimum atomic E-state index is 0.0360. The summed E-state index contributed by atoms with van der Waals surface area (Å²) in [7, 11) is 1.79. The lowest BCUT2D eigenvalue weighted by atomic mass is 10.2. The van der Waals surface area contributed by atoms with E-state index in [1.807, 2.05) is 54.6 Å². The van der Waals surface area contributed by atoms with Crippen LogP contribution in [0, 0.1) is 0 Å². The van der Waals surface area contributed by atoms with Crippen molar-refractivity contribution in [2.24, 2.45) is 0 Å². The monoisotopic (exact) mass is 288 g/mol. The van der Waals surface area contributed by atoms with E-state index in [-0.39, 0.29) is 12.5 Å². The molecule has 0 heterocycles. The second kappa shape index (κ2) is 6.96. The Kier molecular flexibility index (Phi) is 5.02. The van der Waals surface area contributed by atoms with Crippen molar-refractivity contribution < 1.29 is 4.79 Å². The number of halogens is 1. The van der Waals surface area contributed by atoms with Crippen LogP contribution in [-0.2, 0) is 11.3 Å². The summed E-state index contributed by atoms with van der Waals surface area (Å²) in [5, 5.41) is 3.79. The fraction of sp³-hybridized carbons (Fsp3) is 0.188. The zero-order valence-electron chi connectivity index (χ0n) is 11.3. The number of rotatable bonds is 5. The molecular formula is C16H17ClN2O. The molecule has 0 radical (unpaired) electrons. The molecule has 0 aliphatic rings. The molecule has 0 bridgehead atoms. The van der Waals surface area contributed by atoms with Crippen molar-refractivity contribution in [3.8, 4) is 0 Å². The normalized spacial score (nSPS) is 10.1. The van der Waals surface area contributed by atoms with Gasteiger partial charge in [-0.05, 0) is 29.8 Å². The fourth-order valence-electron chi connectivity index (χ4n) is 1.87. The Bertz CT molecular complexity index is 572. The lowest BCUT2D eigenvalue weighted by Crippen LogP contribution is -2.31. The van der Waals surface area contributed by atoms with Crippen LogP contribution in [0.25, 0.3) is 0 Å². The van der Waals surface area contributed by atoms with E-state index < -0.39 is 0 Å². The van der Waals surface area contributed by atoms with Crippen molar-refractivity contribution in [3.63, 3.8) is 0 Å². The minimum absolute atomic E-state index is 0.0360. The largest absolute Gasteiger partial charge is 0.376 e. The third-order valence-electron chi connectivity index (χ3n) is 2.95. The van der Waals surface area contributed by atoms with E-state index in [1.165, 1.54) is 0 Å². The highest BCUT2D eigenvalue weighted by Crippen LogP contribution is 2.12. The van der Waals surface area contributed by atoms with Gasteiger partial charge in [-0.2, -0.15) is 0 Å². The summed E-state index contributed by atoms with van der Waals surface area (Å²) in [6.07, 6.45) is 0. The van der Waals surface area contributed by atoms with Crippen LogP contribution in [0.5, 0.6) is 0 Å². The maximum atomic E-state index is 12.0. The molecule has 0 saturated carbocycles. The predicted molar refractivity (Wildman–Crippen MR) is 82.9 cm³/mol. The Morgan fingerprint density at radius 3 is 2.60 bits per heavy atom. The number of hydrogen-bond donors (Lipinski definition) is 1. The molecular weight excluding hydrogens is 272 g/mol. The second-order valence-electron chi connectivity index (χ2n) is 4.60. The number of para-hydroxylation sites is 1. The van der Waals surface area contributed by atoms with Gasteiger partial charge < -0.3 is 10.2 Å². The maximum Gasteiger partial charge on any atom is 0.241 e. The van der Waals surface area contributed by atoms with Gasteiger partial charge in [-0.3, -0.25) is 4.79 Å². The van der Waals surface area contributed by atoms with Crippen molar-refractivity contribution in [3.05, 3.63) is 65.2 Å². The summed E-state index contributed by atoms with van der Waals surface area (Å²) in [5.41, 5.74) is 1.96. The van der Waals surface area contributed by atoms with Crippen LogP contribution in [0.15, 0.2) is 54.6 Å². The molecule has 0 fully saturated rings. The third-order valence-corrected chi connectivity index (χ3v) is 3.19. The highest BCUT2D eigenvalue weighted by Gasteiger charge is 2.09. The van der Waals surface area contributed by atoms with Crippen LogP contribution in [0.2, 0.25) is 5.02 Å². The fourth-order valence-corrected chi connectivity index (χ4v) is 2.08. The average molecular weight is 289 g/mol. The van der Waals surface area contributed by atoms with Gasteiger partial charge in [0.15, 0.2) is 0 Å². The lowest BCUT2D eigenvalue weighted by Gasteiger charge is -2.18. The number of benzene rings is 2. The predicted octanol–water partition coefficient (Wildman–Crippen LogP) is 3.41. The molecule has 2 aromatic rings. The first-order chi connectivity index (χ1) is 9.65. The molecule has 0 aliphatic heterocycles. The zero-order chi connectivity index (χ0) is 14.4. The average Bonchev–Trinajstić information content (AvgIpc) is 2.46. The standard InChI is InChI=1S/C16H17ClN2O/c1-19(12-13-6-5-7-14(17)10-13)16(20)11-18-15-8-3-2-4-9-15/h2-10,18H,11-12H2,1H3. The molecule has 0 aliphatic carbocycles. The molecule has 0 unspecified atom stereocenters. The maximum absolute atomic E-state index is 12.0. The first-order valence-corrected chi connectivity index (χ1v) is 6.80. The molecule has 0 aromatic heterocycles. The second-order valence-corrected chi connectivity index (χ2v) is 5.04. The van der Waals surface area contributed by atoms with Gasteiger partial charge in [-0.1, -0.05) is 41.9 Å². The summed E-state index contributed by atoms with van der Waals surface area (Å²) in [4.78, 5) is 13.7. The van der Waals surface area contributed by atoms with Gasteiger partial charge in [0.2, 0.25) is 5.91 Å². The number of likely N-dealkylation sites (N-methyl/N-ethyl adjacent to an activating group) is 1. The third kappa shape index (κ3) is 4.28. The number of carbonyl (C=O) groups is 1. The molecule has 1 N–H and O–H groups in total. The van der Waals surface area contributed by atoms with Crippen molar-refractivity contribution in [2.75, 3.05) is 18.9 Å². The van der Waals surface area contributed by atoms with Crippen LogP contribution in [0.4, 0.5) is 5.69 Å². The summed E-state index contributed by atoms with van der Waals surface area (Å²) < 4.78 is 0. The summed E-state index contributed by atoms with van der Waals surface area (Å²) >= 11 is 5.93. The van der Waals surface area contributed by atoms with Gasteiger partial charge in [-0.15, -0.1) is 0 Å². The summed E-state index contributed by atoms with van der Waals surface area (Å²) in [6.45, 7) is 0.830. The summed E-state index contributed by atoms with van der Waals surface area (Å²) in [6, 6.07) is 17.2. The van der Waals surface area contributed by atoms with E-state index in [2.05, 4.69) is 5.32 Å². The van der Waals surface area contributed by atoms with Gasteiger partial charge in [-0.25, -0.2) is 0 Å². The first kappa shape index (κ1) is 14.4. The number of nitrogens with zero attached hydrogens (tertiary/aromatic N) is 1. The van der Waals surface area contributed by atoms with Gasteiger partial charge in [0.25, 0.3) is 0 Å². The molecule has 104 valence electrons. The molecule has 4 heteroatoms. The van der Waals surface area contributed by atoms with Crippen LogP contribution in [-0.4, -0.2) is 24.4 Å². The Hall–Kier alpha value is -2.00. The van der Waals surface area contributed by atoms with Crippen LogP contribution in [0.1, 0.15) is 5.56 Å². The van der Waals surface area contributed by atoms with Crippen LogP contribution >= 0.6 is 11.6 Å². The van der Waals surface area contributed by atoms with Crippen molar-refractivity contribution in [1.82, 2.24) is 4.90 Å². The quantitative estimate of drug-likeness (QED) is 0.914. The Balaban J connectivity index is 1.86. The van der Waals surface area contributed by atoms with E-state index in [0.717, 1.165) is 11.3 Å². The first-order valence-electron chi connectivity index (χ1n) is 6.42. The number of nitrogens with one attached hydrogen (secondary N) is 1. The number of amides is 1. The van der Waals surface area contributed by atoms with Crippen molar-refractivity contribution in [1.29, 1.82) is 0 Å². The SMILES string of the molecule is CN(Cc1cccc(Cl)c1)C(=O)CNc1ccccc1. The Morgan fingerprint density at radius 2 is 1.90 bits per heavy atom. The highest BCUT2D eigenvalue weighted by molar-refractivity contribution is 6.30. The van der Waals surface area contributed by atoms with Crippen molar-refractivity contribution >= 4 is 23.2 Å². The lowest BCUT2D eigenvalue weighted by molar-refractivity contribution is -0.128. The van der Waals surface area contributed by atoms with Gasteiger partial charge >= 0.3 is 0 Å². The number of anilines is 1. The summed E-state index contributed by atoms with van der Waals surface area (Å²) in [5.74, 6) is 0.0360. The molecule has 20 heavy (non-hydrogen) atoms. The van der Waals surface area contributed by atoms with E-state index in [1.54, 1.807) is 11.9 Å². The van der Waals surface area contributed by atoms with E-state index in [0.29, 0.717) is 11.6 Å². The van der Waals surface area contributed by atoms with Crippen molar-refractivity contribution in [2.45, 2.75) is 6.54 Å². The zero-order valence-corrected chi connectivity index (χ0v) is 12.1. The topological polar surface area (TPSA) is 32.3 Å². The van der Waals surface area contributed by atoms with Crippen LogP contribution in [0.3, 0.4) is 0 Å². The Morgan fingerprint density at radius 1 is 1.15 bits per heavy atom. The molecule has 3 nitrogen and oxygen atoms in total. The molecule has 0 spiro atoms. The Labute approximate surface area is 124 Å². The molecule has 0 saturated heterocycles. The van der Waals surface area contributed by atoms with E-state index in [4.69, 9.17) is 11.6 Å². The molecule has 2 rings (SSSR count). The van der Waals surface area contributed by atoms with E-state index in [9.17, 15) is 4.79 Å². The van der Waals surface area contributed by atoms with Gasteiger partial charge in [0.05, 0.1) is 6.54 Å².